The molecule has 3 aromatic carbocycles. The number of aryl methyl sites for hydroxylation is 1. The van der Waals surface area contributed by atoms with E-state index in [1.807, 2.05) is 42.6 Å². The van der Waals surface area contributed by atoms with E-state index in [4.69, 9.17) is 0 Å². The molecule has 1 fully saturated rings. The minimum absolute atomic E-state index is 0.00994. The highest BCUT2D eigenvalue weighted by Crippen LogP contribution is 2.35. The summed E-state index contributed by atoms with van der Waals surface area (Å²) in [6.45, 7) is 2.54. The lowest BCUT2D eigenvalue weighted by atomic mass is 9.98. The van der Waals surface area contributed by atoms with Gasteiger partial charge in [-0.05, 0) is 61.6 Å². The molecule has 0 aliphatic carbocycles. The maximum Gasteiger partial charge on any atom is 0.416 e. The number of carbonyl (C=O) groups is 2. The lowest BCUT2D eigenvalue weighted by molar-refractivity contribution is -0.137. The Morgan fingerprint density at radius 2 is 1.80 bits per heavy atom. The molecule has 51 heavy (non-hydrogen) atoms. The van der Waals surface area contributed by atoms with E-state index in [1.165, 1.54) is 29.8 Å². The third-order valence-electron chi connectivity index (χ3n) is 8.75. The van der Waals surface area contributed by atoms with Gasteiger partial charge in [-0.25, -0.2) is 4.98 Å². The number of hydrogen-bond acceptors (Lipinski definition) is 8. The fourth-order valence-electron chi connectivity index (χ4n) is 6.20. The second kappa shape index (κ2) is 15.9. The van der Waals surface area contributed by atoms with E-state index in [0.717, 1.165) is 41.2 Å². The van der Waals surface area contributed by atoms with Crippen LogP contribution in [0.1, 0.15) is 67.0 Å². The molecule has 1 aliphatic heterocycles. The molecule has 0 radical (unpaired) electrons. The van der Waals surface area contributed by atoms with Gasteiger partial charge >= 0.3 is 6.18 Å². The molecular formula is C38H37F3N6O3S. The van der Waals surface area contributed by atoms with E-state index in [1.54, 1.807) is 35.4 Å². The first kappa shape index (κ1) is 35.8. The number of aromatic nitrogens is 3. The van der Waals surface area contributed by atoms with Crippen LogP contribution >= 0.6 is 11.3 Å². The molecule has 9 nitrogen and oxygen atoms in total. The molecule has 1 aliphatic rings. The number of thiazole rings is 1. The predicted molar refractivity (Wildman–Crippen MR) is 188 cm³/mol. The molecule has 264 valence electrons. The van der Waals surface area contributed by atoms with Crippen molar-refractivity contribution >= 4 is 23.2 Å². The SMILES string of the molecule is Cc1csc(C2CCCN2C(=O)c2cc(C(=O)NC(Cc3ccccc3)C(O)CNCc3cccc(C(F)(F)F)c3)cc(-c3cnccn3)c2)n1. The van der Waals surface area contributed by atoms with Crippen LogP contribution in [-0.2, 0) is 19.1 Å². The zero-order chi connectivity index (χ0) is 36.0. The molecule has 6 rings (SSSR count). The van der Waals surface area contributed by atoms with Gasteiger partial charge < -0.3 is 20.6 Å². The van der Waals surface area contributed by atoms with Crippen LogP contribution < -0.4 is 10.6 Å². The summed E-state index contributed by atoms with van der Waals surface area (Å²) in [7, 11) is 0. The molecule has 13 heteroatoms. The van der Waals surface area contributed by atoms with E-state index < -0.39 is 29.8 Å². The fourth-order valence-corrected chi connectivity index (χ4v) is 7.15. The van der Waals surface area contributed by atoms with Crippen LogP contribution in [0.25, 0.3) is 11.3 Å². The summed E-state index contributed by atoms with van der Waals surface area (Å²) in [5.74, 6) is -0.744. The number of amides is 2. The van der Waals surface area contributed by atoms with Gasteiger partial charge in [-0.2, -0.15) is 13.2 Å². The Morgan fingerprint density at radius 3 is 2.53 bits per heavy atom. The first-order valence-electron chi connectivity index (χ1n) is 16.6. The van der Waals surface area contributed by atoms with Crippen molar-refractivity contribution in [3.8, 4) is 11.3 Å². The van der Waals surface area contributed by atoms with Gasteiger partial charge in [0.1, 0.15) is 5.01 Å². The normalized spacial score (nSPS) is 15.8. The summed E-state index contributed by atoms with van der Waals surface area (Å²) in [5.41, 5.74) is 2.94. The van der Waals surface area contributed by atoms with Gasteiger partial charge in [0.2, 0.25) is 0 Å². The fraction of sp³-hybridized carbons (Fsp3) is 0.289. The van der Waals surface area contributed by atoms with E-state index in [-0.39, 0.29) is 37.0 Å². The molecule has 3 unspecified atom stereocenters. The Labute approximate surface area is 297 Å². The molecule has 3 atom stereocenters. The number of aliphatic hydroxyl groups is 1. The quantitative estimate of drug-likeness (QED) is 0.137. The number of rotatable bonds is 12. The number of likely N-dealkylation sites (tertiary alicyclic amines) is 1. The van der Waals surface area contributed by atoms with Crippen LogP contribution in [0.2, 0.25) is 0 Å². The van der Waals surface area contributed by atoms with Gasteiger partial charge in [0.05, 0.1) is 35.6 Å². The Morgan fingerprint density at radius 1 is 1.02 bits per heavy atom. The van der Waals surface area contributed by atoms with Gasteiger partial charge in [-0.15, -0.1) is 11.3 Å². The molecule has 0 spiro atoms. The number of alkyl halides is 3. The molecule has 1 saturated heterocycles. The number of carbonyl (C=O) groups excluding carboxylic acids is 2. The third kappa shape index (κ3) is 9.04. The highest BCUT2D eigenvalue weighted by atomic mass is 32.1. The summed E-state index contributed by atoms with van der Waals surface area (Å²) in [4.78, 5) is 43.1. The average Bonchev–Trinajstić information content (AvgIpc) is 3.80. The number of benzene rings is 3. The van der Waals surface area contributed by atoms with Crippen LogP contribution in [0, 0.1) is 6.92 Å². The molecule has 3 heterocycles. The van der Waals surface area contributed by atoms with E-state index >= 15 is 0 Å². The number of nitrogens with one attached hydrogen (secondary N) is 2. The maximum atomic E-state index is 14.1. The number of halogens is 3. The highest BCUT2D eigenvalue weighted by molar-refractivity contribution is 7.09. The summed E-state index contributed by atoms with van der Waals surface area (Å²) in [5, 5.41) is 20.2. The smallest absolute Gasteiger partial charge is 0.390 e. The highest BCUT2D eigenvalue weighted by Gasteiger charge is 2.34. The van der Waals surface area contributed by atoms with Gasteiger partial charge in [0.25, 0.3) is 11.8 Å². The van der Waals surface area contributed by atoms with Crippen molar-refractivity contribution in [2.75, 3.05) is 13.1 Å². The first-order valence-corrected chi connectivity index (χ1v) is 17.5. The summed E-state index contributed by atoms with van der Waals surface area (Å²) < 4.78 is 39.7. The number of hydrogen-bond donors (Lipinski definition) is 3. The summed E-state index contributed by atoms with van der Waals surface area (Å²) >= 11 is 1.53. The molecular weight excluding hydrogens is 678 g/mol. The van der Waals surface area contributed by atoms with Gasteiger partial charge in [0.15, 0.2) is 0 Å². The van der Waals surface area contributed by atoms with Crippen molar-refractivity contribution in [3.05, 3.63) is 135 Å². The van der Waals surface area contributed by atoms with Gasteiger partial charge in [0, 0.05) is 59.8 Å². The second-order valence-corrected chi connectivity index (χ2v) is 13.4. The molecule has 0 bridgehead atoms. The van der Waals surface area contributed by atoms with Crippen LogP contribution in [0.4, 0.5) is 13.2 Å². The largest absolute Gasteiger partial charge is 0.416 e. The zero-order valence-electron chi connectivity index (χ0n) is 27.8. The number of nitrogens with zero attached hydrogens (tertiary/aromatic N) is 4. The molecule has 2 aromatic heterocycles. The monoisotopic (exact) mass is 714 g/mol. The van der Waals surface area contributed by atoms with E-state index in [9.17, 15) is 27.9 Å². The van der Waals surface area contributed by atoms with Crippen molar-refractivity contribution in [1.82, 2.24) is 30.5 Å². The molecule has 3 N–H and O–H groups in total. The Bertz CT molecular complexity index is 1960. The van der Waals surface area contributed by atoms with Gasteiger partial charge in [-0.3, -0.25) is 19.6 Å². The first-order chi connectivity index (χ1) is 24.5. The van der Waals surface area contributed by atoms with Crippen molar-refractivity contribution < 1.29 is 27.9 Å². The molecule has 0 saturated carbocycles. The maximum absolute atomic E-state index is 14.1. The molecule has 5 aromatic rings. The minimum atomic E-state index is -4.47. The average molecular weight is 715 g/mol. The topological polar surface area (TPSA) is 120 Å². The minimum Gasteiger partial charge on any atom is -0.390 e. The van der Waals surface area contributed by atoms with Gasteiger partial charge in [-0.1, -0.05) is 48.5 Å². The predicted octanol–water partition coefficient (Wildman–Crippen LogP) is 6.40. The lowest BCUT2D eigenvalue weighted by Crippen LogP contribution is -2.48. The summed E-state index contributed by atoms with van der Waals surface area (Å²) in [6.07, 6.45) is 0.932. The van der Waals surface area contributed by atoms with Crippen LogP contribution in [0.5, 0.6) is 0 Å². The van der Waals surface area contributed by atoms with Crippen molar-refractivity contribution in [3.63, 3.8) is 0 Å². The number of aliphatic hydroxyl groups excluding tert-OH is 1. The van der Waals surface area contributed by atoms with E-state index in [2.05, 4.69) is 25.6 Å². The zero-order valence-corrected chi connectivity index (χ0v) is 28.6. The Kier molecular flexibility index (Phi) is 11.2. The van der Waals surface area contributed by atoms with Crippen molar-refractivity contribution in [2.45, 2.75) is 57.1 Å². The molecule has 2 amide bonds. The lowest BCUT2D eigenvalue weighted by Gasteiger charge is -2.26. The van der Waals surface area contributed by atoms with Crippen LogP contribution in [-0.4, -0.2) is 62.0 Å². The van der Waals surface area contributed by atoms with Crippen LogP contribution in [0.3, 0.4) is 0 Å². The Balaban J connectivity index is 1.24. The third-order valence-corrected chi connectivity index (χ3v) is 9.82. The Hall–Kier alpha value is -4.98. The summed E-state index contributed by atoms with van der Waals surface area (Å²) in [6, 6.07) is 18.3. The standard InChI is InChI=1S/C38H37F3N6O3S/c1-24-23-51-36(45-24)33-11-6-14-47(33)37(50)29-18-27(32-21-42-12-13-44-32)17-28(19-29)35(49)46-31(16-25-7-3-2-4-8-25)34(48)22-43-20-26-9-5-10-30(15-26)38(39,40)41/h2-5,7-10,12-13,15,17-19,21,23,31,33-34,43,48H,6,11,14,16,20,22H2,1H3,(H,46,49). The second-order valence-electron chi connectivity index (χ2n) is 12.5. The van der Waals surface area contributed by atoms with Crippen molar-refractivity contribution in [1.29, 1.82) is 0 Å². The van der Waals surface area contributed by atoms with Crippen LogP contribution in [0.15, 0.2) is 96.8 Å². The van der Waals surface area contributed by atoms with E-state index in [0.29, 0.717) is 28.9 Å². The van der Waals surface area contributed by atoms with Crippen molar-refractivity contribution in [2.24, 2.45) is 0 Å².